The van der Waals surface area contributed by atoms with Gasteiger partial charge in [0.05, 0.1) is 0 Å². The van der Waals surface area contributed by atoms with Crippen molar-refractivity contribution in [2.45, 2.75) is 6.92 Å². The number of benzene rings is 7. The Kier molecular flexibility index (Phi) is 6.80. The van der Waals surface area contributed by atoms with Gasteiger partial charge in [-0.2, -0.15) is 0 Å². The van der Waals surface area contributed by atoms with Crippen molar-refractivity contribution in [2.75, 3.05) is 0 Å². The van der Waals surface area contributed by atoms with E-state index in [2.05, 4.69) is 95.8 Å². The van der Waals surface area contributed by atoms with E-state index in [4.69, 9.17) is 48.1 Å². The molecule has 0 saturated heterocycles. The smallest absolute Gasteiger partial charge is 0.164 e. The van der Waals surface area contributed by atoms with Crippen molar-refractivity contribution in [1.29, 1.82) is 0 Å². The van der Waals surface area contributed by atoms with Crippen LogP contribution < -0.4 is 0 Å². The second-order valence-electron chi connectivity index (χ2n) is 14.7. The molecule has 0 saturated carbocycles. The zero-order valence-electron chi connectivity index (χ0n) is 30.8. The Bertz CT molecular complexity index is 3740. The highest BCUT2D eigenvalue weighted by atomic mass is 35.5. The summed E-state index contributed by atoms with van der Waals surface area (Å²) in [6.07, 6.45) is 9.25. The van der Waals surface area contributed by atoms with E-state index in [1.165, 1.54) is 4.09 Å². The van der Waals surface area contributed by atoms with Crippen molar-refractivity contribution < 1.29 is 0 Å². The third-order valence-corrected chi connectivity index (χ3v) is 11.6. The fourth-order valence-electron chi connectivity index (χ4n) is 8.40. The van der Waals surface area contributed by atoms with Gasteiger partial charge >= 0.3 is 0 Å². The number of allylic oxidation sites excluding steroid dienone is 1. The molecular formula is C49H27ClN8. The number of terminal acetylenes is 1. The van der Waals surface area contributed by atoms with Gasteiger partial charge in [-0.25, -0.2) is 34.0 Å². The summed E-state index contributed by atoms with van der Waals surface area (Å²) in [5, 5.41) is 9.87. The number of hydrogen-bond acceptors (Lipinski definition) is 6. The molecule has 2 aliphatic rings. The lowest BCUT2D eigenvalue weighted by atomic mass is 10.0. The lowest BCUT2D eigenvalue weighted by molar-refractivity contribution is 1.17. The molecule has 270 valence electrons. The van der Waals surface area contributed by atoms with Crippen LogP contribution in [0.15, 0.2) is 127 Å². The first kappa shape index (κ1) is 32.5. The molecule has 9 heteroatoms. The first-order valence-electron chi connectivity index (χ1n) is 18.8. The highest BCUT2D eigenvalue weighted by molar-refractivity contribution is 6.25. The lowest BCUT2D eigenvalue weighted by Gasteiger charge is -2.03. The first-order chi connectivity index (χ1) is 28.5. The largest absolute Gasteiger partial charge is 0.324 e. The van der Waals surface area contributed by atoms with Crippen molar-refractivity contribution in [3.05, 3.63) is 139 Å². The van der Waals surface area contributed by atoms with Crippen molar-refractivity contribution in [3.8, 4) is 57.9 Å². The Morgan fingerprint density at radius 1 is 0.517 bits per heavy atom. The lowest BCUT2D eigenvalue weighted by Crippen LogP contribution is -1.88. The Hall–Kier alpha value is -7.73. The number of aromatic nitrogens is 8. The minimum atomic E-state index is 0.474. The van der Waals surface area contributed by atoms with E-state index in [-0.39, 0.29) is 0 Å². The Morgan fingerprint density at radius 3 is 1.34 bits per heavy atom. The van der Waals surface area contributed by atoms with E-state index in [1.54, 1.807) is 6.08 Å². The van der Waals surface area contributed by atoms with Crippen LogP contribution in [-0.4, -0.2) is 39.0 Å². The molecular weight excluding hydrogens is 736 g/mol. The van der Waals surface area contributed by atoms with Crippen molar-refractivity contribution in [2.24, 2.45) is 0 Å². The maximum absolute atomic E-state index is 7.40. The fourth-order valence-corrected chi connectivity index (χ4v) is 8.66. The summed E-state index contributed by atoms with van der Waals surface area (Å²) in [7, 11) is 0. The molecule has 0 spiro atoms. The quantitative estimate of drug-likeness (QED) is 0.167. The molecule has 0 amide bonds. The van der Waals surface area contributed by atoms with Gasteiger partial charge in [-0.15, -0.1) is 6.42 Å². The van der Waals surface area contributed by atoms with Gasteiger partial charge in [0, 0.05) is 55.6 Å². The molecule has 0 radical (unpaired) electrons. The summed E-state index contributed by atoms with van der Waals surface area (Å²) >= 11 is 7.40. The summed E-state index contributed by atoms with van der Waals surface area (Å²) < 4.78 is 1.51. The minimum Gasteiger partial charge on any atom is -0.324 e. The van der Waals surface area contributed by atoms with E-state index >= 15 is 0 Å². The number of H-pyrrole nitrogens is 1. The number of fused-ring (bicyclic) bond motifs is 23. The third kappa shape index (κ3) is 4.84. The van der Waals surface area contributed by atoms with E-state index in [1.807, 2.05) is 49.4 Å². The molecule has 0 aliphatic carbocycles. The van der Waals surface area contributed by atoms with Gasteiger partial charge in [-0.3, -0.25) is 0 Å². The molecule has 0 unspecified atom stereocenters. The molecule has 5 heterocycles. The van der Waals surface area contributed by atoms with Crippen LogP contribution in [0.3, 0.4) is 0 Å². The van der Waals surface area contributed by atoms with Gasteiger partial charge in [0.1, 0.15) is 11.3 Å². The van der Waals surface area contributed by atoms with E-state index in [9.17, 15) is 0 Å². The van der Waals surface area contributed by atoms with Gasteiger partial charge < -0.3 is 4.98 Å². The Labute approximate surface area is 335 Å². The first-order valence-corrected chi connectivity index (χ1v) is 19.2. The number of rotatable bonds is 1. The summed E-state index contributed by atoms with van der Waals surface area (Å²) in [5.74, 6) is 4.64. The third-order valence-electron chi connectivity index (χ3n) is 11.3. The van der Waals surface area contributed by atoms with Crippen LogP contribution in [-0.2, 0) is 0 Å². The second-order valence-corrected chi connectivity index (χ2v) is 15.0. The van der Waals surface area contributed by atoms with Gasteiger partial charge in [0.2, 0.25) is 0 Å². The van der Waals surface area contributed by atoms with Crippen LogP contribution in [0.25, 0.3) is 128 Å². The summed E-state index contributed by atoms with van der Waals surface area (Å²) in [4.78, 5) is 35.1. The predicted molar refractivity (Wildman–Crippen MR) is 236 cm³/mol. The number of halogens is 1. The molecule has 0 atom stereocenters. The average Bonchev–Trinajstić information content (AvgIpc) is 3.94. The number of hydrogen-bond donors (Lipinski definition) is 1. The van der Waals surface area contributed by atoms with E-state index in [0.717, 1.165) is 87.2 Å². The summed E-state index contributed by atoms with van der Waals surface area (Å²) in [6, 6.07) is 41.8. The van der Waals surface area contributed by atoms with E-state index in [0.29, 0.717) is 45.9 Å². The zero-order chi connectivity index (χ0) is 38.6. The van der Waals surface area contributed by atoms with E-state index < -0.39 is 0 Å². The van der Waals surface area contributed by atoms with Crippen molar-refractivity contribution in [1.82, 2.24) is 39.0 Å². The molecule has 10 aromatic rings. The molecule has 58 heavy (non-hydrogen) atoms. The average molecular weight is 763 g/mol. The Balaban J connectivity index is 1.30. The van der Waals surface area contributed by atoms with Crippen LogP contribution in [0.2, 0.25) is 0 Å². The standard InChI is InChI=1S/C49H27ClN8/c1-3-4-11-27-19-41-40(18-26(27)2)48-56-46-38-24-32-16-9-7-14-30(32)22-36(38)44(54-46)52-42-34-20-28-12-5-6-13-29(28)21-35(34)43(51-42)53-45-37-23-31-15-8-10-17-33(31)25-39(37)47(55-45)57-49(41)58(48)50/h1,4-25H,2H3,(H,51,52,53,54,55,56,57)/b11-4-. The SMILES string of the molecule is C#C/C=C\c1cc2c(cc1C)c1nc3nc(nc4[nH]c(nc5nc(nc2n1Cl)-c1cc2ccccc2cc1-5)c1cc2ccccc2cc41)-c1cc2ccccc2cc1-3. The molecule has 7 aromatic carbocycles. The maximum atomic E-state index is 7.40. The van der Waals surface area contributed by atoms with Crippen LogP contribution in [0.4, 0.5) is 0 Å². The normalized spacial score (nSPS) is 12.2. The molecule has 1 N–H and O–H groups in total. The highest BCUT2D eigenvalue weighted by Crippen LogP contribution is 2.41. The number of aryl methyl sites for hydroxylation is 1. The topological polar surface area (TPSA) is 98.1 Å². The van der Waals surface area contributed by atoms with Crippen LogP contribution >= 0.6 is 11.8 Å². The number of nitrogens with one attached hydrogen (secondary N) is 1. The number of aromatic amines is 1. The molecule has 8 bridgehead atoms. The second kappa shape index (κ2) is 12.1. The highest BCUT2D eigenvalue weighted by Gasteiger charge is 2.25. The molecule has 8 nitrogen and oxygen atoms in total. The summed E-state index contributed by atoms with van der Waals surface area (Å²) in [6.45, 7) is 2.04. The van der Waals surface area contributed by atoms with Crippen LogP contribution in [0.5, 0.6) is 0 Å². The molecule has 12 rings (SSSR count). The molecule has 2 aliphatic heterocycles. The summed E-state index contributed by atoms with van der Waals surface area (Å²) in [5.41, 5.74) is 7.59. The van der Waals surface area contributed by atoms with Gasteiger partial charge in [-0.1, -0.05) is 78.7 Å². The Morgan fingerprint density at radius 2 is 0.914 bits per heavy atom. The monoisotopic (exact) mass is 762 g/mol. The fraction of sp³-hybridized carbons (Fsp3) is 0.0204. The van der Waals surface area contributed by atoms with Crippen molar-refractivity contribution >= 4 is 94.3 Å². The minimum absolute atomic E-state index is 0.474. The number of nitrogens with zero attached hydrogens (tertiary/aromatic N) is 7. The van der Waals surface area contributed by atoms with Crippen LogP contribution in [0.1, 0.15) is 11.1 Å². The molecule has 3 aromatic heterocycles. The predicted octanol–water partition coefficient (Wildman–Crippen LogP) is 11.8. The van der Waals surface area contributed by atoms with Gasteiger partial charge in [-0.05, 0) is 111 Å². The van der Waals surface area contributed by atoms with Gasteiger partial charge in [0.25, 0.3) is 0 Å². The zero-order valence-corrected chi connectivity index (χ0v) is 31.5. The van der Waals surface area contributed by atoms with Gasteiger partial charge in [0.15, 0.2) is 34.6 Å². The molecule has 0 fully saturated rings. The maximum Gasteiger partial charge on any atom is 0.164 e. The van der Waals surface area contributed by atoms with Crippen LogP contribution in [0, 0.1) is 19.3 Å². The van der Waals surface area contributed by atoms with Crippen molar-refractivity contribution in [3.63, 3.8) is 0 Å².